The van der Waals surface area contributed by atoms with E-state index in [-0.39, 0.29) is 18.6 Å². The molecule has 1 atom stereocenters. The third-order valence-corrected chi connectivity index (χ3v) is 5.58. The fourth-order valence-electron chi connectivity index (χ4n) is 3.71. The summed E-state index contributed by atoms with van der Waals surface area (Å²) in [5.74, 6) is 0.262. The lowest BCUT2D eigenvalue weighted by Crippen LogP contribution is -2.33. The Bertz CT molecular complexity index is 1400. The second-order valence-corrected chi connectivity index (χ2v) is 7.73. The van der Waals surface area contributed by atoms with Gasteiger partial charge >= 0.3 is 0 Å². The number of halogens is 1. The van der Waals surface area contributed by atoms with Crippen LogP contribution in [0.3, 0.4) is 0 Å². The Morgan fingerprint density at radius 3 is 2.75 bits per heavy atom. The summed E-state index contributed by atoms with van der Waals surface area (Å²) in [5, 5.41) is 4.46. The van der Waals surface area contributed by atoms with Crippen LogP contribution in [-0.2, 0) is 4.79 Å². The molecule has 1 amide bonds. The van der Waals surface area contributed by atoms with E-state index in [1.807, 2.05) is 60.7 Å². The van der Waals surface area contributed by atoms with Crippen molar-refractivity contribution in [3.63, 3.8) is 0 Å². The van der Waals surface area contributed by atoms with Crippen LogP contribution >= 0.6 is 11.6 Å². The van der Waals surface area contributed by atoms with Crippen molar-refractivity contribution in [2.24, 2.45) is 0 Å². The molecule has 0 aliphatic heterocycles. The van der Waals surface area contributed by atoms with Crippen molar-refractivity contribution in [2.45, 2.75) is 6.04 Å². The number of nitrogens with zero attached hydrogens (tertiary/aromatic N) is 2. The number of aromatic nitrogens is 3. The van der Waals surface area contributed by atoms with E-state index >= 15 is 0 Å². The molecule has 5 rings (SSSR count). The monoisotopic (exact) mass is 442 g/mol. The lowest BCUT2D eigenvalue weighted by atomic mass is 9.98. The van der Waals surface area contributed by atoms with Crippen LogP contribution in [0.1, 0.15) is 17.2 Å². The molecular formula is C25H19ClN4O2. The Morgan fingerprint density at radius 1 is 1.00 bits per heavy atom. The zero-order valence-corrected chi connectivity index (χ0v) is 17.7. The van der Waals surface area contributed by atoms with Gasteiger partial charge in [-0.1, -0.05) is 48.0 Å². The summed E-state index contributed by atoms with van der Waals surface area (Å²) in [4.78, 5) is 24.6. The van der Waals surface area contributed by atoms with Crippen molar-refractivity contribution in [1.29, 1.82) is 0 Å². The average molecular weight is 443 g/mol. The highest BCUT2D eigenvalue weighted by Gasteiger charge is 2.18. The maximum Gasteiger partial charge on any atom is 0.258 e. The van der Waals surface area contributed by atoms with Crippen LogP contribution < -0.4 is 10.1 Å². The summed E-state index contributed by atoms with van der Waals surface area (Å²) >= 11 is 6.25. The van der Waals surface area contributed by atoms with Gasteiger partial charge in [0.2, 0.25) is 0 Å². The molecule has 0 aliphatic rings. The molecule has 0 bridgehead atoms. The van der Waals surface area contributed by atoms with Gasteiger partial charge < -0.3 is 15.0 Å². The number of carbonyl (C=O) groups is 1. The first kappa shape index (κ1) is 20.0. The average Bonchev–Trinajstić information content (AvgIpc) is 3.31. The van der Waals surface area contributed by atoms with Crippen molar-refractivity contribution >= 4 is 39.4 Å². The highest BCUT2D eigenvalue weighted by atomic mass is 35.5. The van der Waals surface area contributed by atoms with Gasteiger partial charge in [-0.25, -0.2) is 4.98 Å². The Hall–Kier alpha value is -3.90. The van der Waals surface area contributed by atoms with E-state index in [0.29, 0.717) is 16.3 Å². The van der Waals surface area contributed by atoms with Gasteiger partial charge in [-0.2, -0.15) is 0 Å². The minimum absolute atomic E-state index is 0.150. The van der Waals surface area contributed by atoms with Gasteiger partial charge in [-0.15, -0.1) is 0 Å². The number of nitrogens with one attached hydrogen (secondary N) is 2. The summed E-state index contributed by atoms with van der Waals surface area (Å²) in [6.45, 7) is -0.150. The maximum atomic E-state index is 12.9. The number of pyridine rings is 1. The van der Waals surface area contributed by atoms with E-state index in [0.717, 1.165) is 27.5 Å². The fraction of sp³-hybridized carbons (Fsp3) is 0.0800. The van der Waals surface area contributed by atoms with Crippen molar-refractivity contribution in [2.75, 3.05) is 6.61 Å². The Balaban J connectivity index is 1.38. The number of imidazole rings is 1. The van der Waals surface area contributed by atoms with E-state index in [9.17, 15) is 4.79 Å². The van der Waals surface area contributed by atoms with Gasteiger partial charge in [0, 0.05) is 11.6 Å². The molecule has 2 aromatic heterocycles. The van der Waals surface area contributed by atoms with Gasteiger partial charge in [-0.05, 0) is 47.5 Å². The topological polar surface area (TPSA) is 79.9 Å². The fourth-order valence-corrected chi connectivity index (χ4v) is 3.93. The predicted molar refractivity (Wildman–Crippen MR) is 125 cm³/mol. The van der Waals surface area contributed by atoms with Crippen molar-refractivity contribution in [3.8, 4) is 5.75 Å². The van der Waals surface area contributed by atoms with Crippen LogP contribution in [0.15, 0.2) is 85.3 Å². The van der Waals surface area contributed by atoms with Crippen LogP contribution in [0.2, 0.25) is 5.02 Å². The Kier molecular flexibility index (Phi) is 5.44. The van der Waals surface area contributed by atoms with Gasteiger partial charge in [0.05, 0.1) is 28.4 Å². The van der Waals surface area contributed by atoms with Crippen molar-refractivity contribution in [3.05, 3.63) is 101 Å². The number of aromatic amines is 1. The molecule has 6 nitrogen and oxygen atoms in total. The molecule has 0 saturated carbocycles. The normalized spacial score (nSPS) is 12.0. The second-order valence-electron chi connectivity index (χ2n) is 7.32. The lowest BCUT2D eigenvalue weighted by molar-refractivity contribution is -0.123. The van der Waals surface area contributed by atoms with E-state index in [1.54, 1.807) is 24.7 Å². The quantitative estimate of drug-likeness (QED) is 0.385. The zero-order valence-electron chi connectivity index (χ0n) is 17.0. The molecule has 1 unspecified atom stereocenters. The molecule has 2 heterocycles. The van der Waals surface area contributed by atoms with E-state index in [2.05, 4.69) is 20.3 Å². The van der Waals surface area contributed by atoms with E-state index in [1.165, 1.54) is 0 Å². The molecule has 2 N–H and O–H groups in total. The van der Waals surface area contributed by atoms with Gasteiger partial charge in [0.15, 0.2) is 6.61 Å². The standard InChI is InChI=1S/C25H19ClN4O2/c26-19-9-11-22(25-18(19)7-4-12-27-25)32-14-23(31)30-24(16-5-2-1-3-6-16)17-8-10-20-21(13-17)29-15-28-20/h1-13,15,24H,14H2,(H,28,29)(H,30,31). The van der Waals surface area contributed by atoms with Crippen LogP contribution in [0.4, 0.5) is 0 Å². The van der Waals surface area contributed by atoms with Crippen LogP contribution in [0, 0.1) is 0 Å². The van der Waals surface area contributed by atoms with E-state index < -0.39 is 0 Å². The van der Waals surface area contributed by atoms with Gasteiger partial charge in [0.1, 0.15) is 11.3 Å². The Labute approximate surface area is 189 Å². The van der Waals surface area contributed by atoms with Crippen LogP contribution in [0.5, 0.6) is 5.75 Å². The predicted octanol–water partition coefficient (Wildman–Crippen LogP) is 5.05. The van der Waals surface area contributed by atoms with Crippen molar-refractivity contribution in [1.82, 2.24) is 20.3 Å². The summed E-state index contributed by atoms with van der Waals surface area (Å²) in [7, 11) is 0. The lowest BCUT2D eigenvalue weighted by Gasteiger charge is -2.20. The highest BCUT2D eigenvalue weighted by Crippen LogP contribution is 2.30. The first-order chi connectivity index (χ1) is 15.7. The number of hydrogen-bond acceptors (Lipinski definition) is 4. The number of H-pyrrole nitrogens is 1. The third kappa shape index (κ3) is 4.00. The molecule has 7 heteroatoms. The van der Waals surface area contributed by atoms with Crippen LogP contribution in [-0.4, -0.2) is 27.5 Å². The summed E-state index contributed by atoms with van der Waals surface area (Å²) in [6, 6.07) is 22.5. The first-order valence-electron chi connectivity index (χ1n) is 10.1. The number of carbonyl (C=O) groups excluding carboxylic acids is 1. The molecule has 0 fully saturated rings. The summed E-state index contributed by atoms with van der Waals surface area (Å²) < 4.78 is 5.82. The second kappa shape index (κ2) is 8.69. The maximum absolute atomic E-state index is 12.9. The highest BCUT2D eigenvalue weighted by molar-refractivity contribution is 6.35. The minimum atomic E-state index is -0.333. The smallest absolute Gasteiger partial charge is 0.258 e. The SMILES string of the molecule is O=C(COc1ccc(Cl)c2cccnc12)NC(c1ccccc1)c1ccc2nc[nH]c2c1. The number of benzene rings is 3. The van der Waals surface area contributed by atoms with Crippen LogP contribution in [0.25, 0.3) is 21.9 Å². The number of ether oxygens (including phenoxy) is 1. The molecule has 0 saturated heterocycles. The largest absolute Gasteiger partial charge is 0.481 e. The summed E-state index contributed by atoms with van der Waals surface area (Å²) in [5.41, 5.74) is 4.32. The van der Waals surface area contributed by atoms with E-state index in [4.69, 9.17) is 16.3 Å². The summed E-state index contributed by atoms with van der Waals surface area (Å²) in [6.07, 6.45) is 3.32. The first-order valence-corrected chi connectivity index (χ1v) is 10.5. The number of fused-ring (bicyclic) bond motifs is 2. The molecule has 3 aromatic carbocycles. The number of hydrogen-bond donors (Lipinski definition) is 2. The van der Waals surface area contributed by atoms with Gasteiger partial charge in [-0.3, -0.25) is 9.78 Å². The van der Waals surface area contributed by atoms with Crippen molar-refractivity contribution < 1.29 is 9.53 Å². The number of rotatable bonds is 6. The Morgan fingerprint density at radius 2 is 1.88 bits per heavy atom. The molecule has 32 heavy (non-hydrogen) atoms. The van der Waals surface area contributed by atoms with Gasteiger partial charge in [0.25, 0.3) is 5.91 Å². The third-order valence-electron chi connectivity index (χ3n) is 5.25. The number of amides is 1. The molecule has 158 valence electrons. The minimum Gasteiger partial charge on any atom is -0.481 e. The molecule has 0 spiro atoms. The zero-order chi connectivity index (χ0) is 21.9. The molecular weight excluding hydrogens is 424 g/mol. The molecule has 0 radical (unpaired) electrons. The molecule has 5 aromatic rings. The molecule has 0 aliphatic carbocycles.